The van der Waals surface area contributed by atoms with Crippen LogP contribution in [0.25, 0.3) is 0 Å². The van der Waals surface area contributed by atoms with E-state index >= 15 is 0 Å². The second kappa shape index (κ2) is 7.33. The molecule has 1 unspecified atom stereocenters. The van der Waals surface area contributed by atoms with Crippen LogP contribution in [0.5, 0.6) is 0 Å². The van der Waals surface area contributed by atoms with Crippen LogP contribution in [0.4, 0.5) is 0 Å². The predicted octanol–water partition coefficient (Wildman–Crippen LogP) is 0.877. The number of aliphatic hydroxyl groups is 1. The van der Waals surface area contributed by atoms with Gasteiger partial charge in [-0.05, 0) is 25.0 Å². The van der Waals surface area contributed by atoms with Crippen molar-refractivity contribution in [1.82, 2.24) is 10.3 Å². The molecule has 0 aliphatic carbocycles. The van der Waals surface area contributed by atoms with Crippen molar-refractivity contribution in [3.8, 4) is 0 Å². The molecule has 1 rings (SSSR count). The molecule has 1 atom stereocenters. The van der Waals surface area contributed by atoms with E-state index in [-0.39, 0.29) is 12.6 Å². The van der Waals surface area contributed by atoms with Gasteiger partial charge in [-0.2, -0.15) is 0 Å². The number of aromatic nitrogens is 1. The van der Waals surface area contributed by atoms with Crippen molar-refractivity contribution in [1.29, 1.82) is 0 Å². The molecule has 4 heteroatoms. The largest absolute Gasteiger partial charge is 0.396 e. The Morgan fingerprint density at radius 2 is 2.38 bits per heavy atom. The summed E-state index contributed by atoms with van der Waals surface area (Å²) in [7, 11) is 1.67. The van der Waals surface area contributed by atoms with E-state index in [1.54, 1.807) is 13.3 Å². The number of pyridine rings is 1. The Bertz CT molecular complexity index is 299. The highest BCUT2D eigenvalue weighted by molar-refractivity contribution is 5.17. The molecule has 1 aromatic rings. The van der Waals surface area contributed by atoms with Gasteiger partial charge in [-0.25, -0.2) is 0 Å². The van der Waals surface area contributed by atoms with Crippen LogP contribution in [0.2, 0.25) is 0 Å². The number of nitrogens with zero attached hydrogens (tertiary/aromatic N) is 1. The minimum Gasteiger partial charge on any atom is -0.396 e. The van der Waals surface area contributed by atoms with Gasteiger partial charge in [0.1, 0.15) is 0 Å². The summed E-state index contributed by atoms with van der Waals surface area (Å²) in [6.07, 6.45) is 2.49. The van der Waals surface area contributed by atoms with Gasteiger partial charge in [0.2, 0.25) is 0 Å². The standard InChI is InChI=1S/C12H20N2O2/c1-10-11(4-3-6-13-10)8-14-12(5-7-15)9-16-2/h3-4,6,12,14-15H,5,7-9H2,1-2H3. The minimum atomic E-state index is 0.174. The highest BCUT2D eigenvalue weighted by Crippen LogP contribution is 2.04. The van der Waals surface area contributed by atoms with E-state index in [2.05, 4.69) is 16.4 Å². The van der Waals surface area contributed by atoms with Gasteiger partial charge in [0.05, 0.1) is 6.61 Å². The average Bonchev–Trinajstić information content (AvgIpc) is 2.28. The number of hydrogen-bond donors (Lipinski definition) is 2. The second-order valence-electron chi connectivity index (χ2n) is 3.79. The molecule has 0 aliphatic heterocycles. The number of aryl methyl sites for hydroxylation is 1. The van der Waals surface area contributed by atoms with Gasteiger partial charge in [-0.1, -0.05) is 6.07 Å². The van der Waals surface area contributed by atoms with Gasteiger partial charge in [-0.15, -0.1) is 0 Å². The quantitative estimate of drug-likeness (QED) is 0.722. The van der Waals surface area contributed by atoms with Crippen molar-refractivity contribution in [3.05, 3.63) is 29.6 Å². The number of hydrogen-bond acceptors (Lipinski definition) is 4. The topological polar surface area (TPSA) is 54.4 Å². The molecular weight excluding hydrogens is 204 g/mol. The molecule has 0 aromatic carbocycles. The van der Waals surface area contributed by atoms with Crippen LogP contribution >= 0.6 is 0 Å². The van der Waals surface area contributed by atoms with Gasteiger partial charge in [0.25, 0.3) is 0 Å². The maximum Gasteiger partial charge on any atom is 0.0616 e. The predicted molar refractivity (Wildman–Crippen MR) is 63.2 cm³/mol. The van der Waals surface area contributed by atoms with Crippen LogP contribution in [0.1, 0.15) is 17.7 Å². The first-order chi connectivity index (χ1) is 7.77. The maximum atomic E-state index is 8.91. The molecule has 2 N–H and O–H groups in total. The monoisotopic (exact) mass is 224 g/mol. The van der Waals surface area contributed by atoms with Gasteiger partial charge in [-0.3, -0.25) is 4.98 Å². The van der Waals surface area contributed by atoms with E-state index in [1.807, 2.05) is 13.0 Å². The lowest BCUT2D eigenvalue weighted by atomic mass is 10.1. The summed E-state index contributed by atoms with van der Waals surface area (Å²) < 4.78 is 5.09. The second-order valence-corrected chi connectivity index (χ2v) is 3.79. The summed E-state index contributed by atoms with van der Waals surface area (Å²) in [4.78, 5) is 4.23. The molecule has 0 fully saturated rings. The van der Waals surface area contributed by atoms with Gasteiger partial charge < -0.3 is 15.2 Å². The van der Waals surface area contributed by atoms with Crippen molar-refractivity contribution < 1.29 is 9.84 Å². The lowest BCUT2D eigenvalue weighted by Crippen LogP contribution is -2.33. The van der Waals surface area contributed by atoms with Gasteiger partial charge in [0.15, 0.2) is 0 Å². The fraction of sp³-hybridized carbons (Fsp3) is 0.583. The summed E-state index contributed by atoms with van der Waals surface area (Å²) in [6.45, 7) is 3.54. The average molecular weight is 224 g/mol. The Morgan fingerprint density at radius 1 is 1.56 bits per heavy atom. The van der Waals surface area contributed by atoms with Crippen molar-refractivity contribution in [2.75, 3.05) is 20.3 Å². The number of rotatable bonds is 7. The van der Waals surface area contributed by atoms with E-state index < -0.39 is 0 Å². The third-order valence-electron chi connectivity index (χ3n) is 2.54. The highest BCUT2D eigenvalue weighted by atomic mass is 16.5. The first kappa shape index (κ1) is 13.1. The Morgan fingerprint density at radius 3 is 3.00 bits per heavy atom. The molecule has 1 heterocycles. The number of ether oxygens (including phenoxy) is 1. The maximum absolute atomic E-state index is 8.91. The van der Waals surface area contributed by atoms with Crippen molar-refractivity contribution in [3.63, 3.8) is 0 Å². The Kier molecular flexibility index (Phi) is 6.00. The smallest absolute Gasteiger partial charge is 0.0616 e. The summed E-state index contributed by atoms with van der Waals surface area (Å²) in [6, 6.07) is 4.18. The SMILES string of the molecule is COCC(CCO)NCc1cccnc1C. The Hall–Kier alpha value is -0.970. The summed E-state index contributed by atoms with van der Waals surface area (Å²) >= 11 is 0. The van der Waals surface area contributed by atoms with Crippen molar-refractivity contribution in [2.45, 2.75) is 25.9 Å². The van der Waals surface area contributed by atoms with E-state index in [4.69, 9.17) is 9.84 Å². The lowest BCUT2D eigenvalue weighted by Gasteiger charge is -2.17. The van der Waals surface area contributed by atoms with Crippen LogP contribution in [0.3, 0.4) is 0 Å². The molecule has 90 valence electrons. The molecule has 0 bridgehead atoms. The lowest BCUT2D eigenvalue weighted by molar-refractivity contribution is 0.148. The fourth-order valence-corrected chi connectivity index (χ4v) is 1.56. The molecular formula is C12H20N2O2. The number of aliphatic hydroxyl groups excluding tert-OH is 1. The van der Waals surface area contributed by atoms with E-state index in [1.165, 1.54) is 5.56 Å². The molecule has 16 heavy (non-hydrogen) atoms. The van der Waals surface area contributed by atoms with Crippen LogP contribution in [-0.4, -0.2) is 36.5 Å². The molecule has 0 saturated carbocycles. The van der Waals surface area contributed by atoms with Gasteiger partial charge in [0, 0.05) is 38.2 Å². The molecule has 1 aromatic heterocycles. The van der Waals surface area contributed by atoms with Crippen LogP contribution in [0.15, 0.2) is 18.3 Å². The Balaban J connectivity index is 2.45. The number of methoxy groups -OCH3 is 1. The number of nitrogens with one attached hydrogen (secondary N) is 1. The third kappa shape index (κ3) is 4.26. The fourth-order valence-electron chi connectivity index (χ4n) is 1.56. The highest BCUT2D eigenvalue weighted by Gasteiger charge is 2.07. The molecule has 0 aliphatic rings. The molecule has 4 nitrogen and oxygen atoms in total. The van der Waals surface area contributed by atoms with E-state index in [0.717, 1.165) is 12.2 Å². The molecule has 0 amide bonds. The van der Waals surface area contributed by atoms with Gasteiger partial charge >= 0.3 is 0 Å². The van der Waals surface area contributed by atoms with Crippen molar-refractivity contribution in [2.24, 2.45) is 0 Å². The van der Waals surface area contributed by atoms with Crippen LogP contribution < -0.4 is 5.32 Å². The Labute approximate surface area is 96.7 Å². The van der Waals surface area contributed by atoms with Crippen LogP contribution in [0, 0.1) is 6.92 Å². The summed E-state index contributed by atoms with van der Waals surface area (Å²) in [5.41, 5.74) is 2.22. The molecule has 0 spiro atoms. The third-order valence-corrected chi connectivity index (χ3v) is 2.54. The van der Waals surface area contributed by atoms with E-state index in [9.17, 15) is 0 Å². The summed E-state index contributed by atoms with van der Waals surface area (Å²) in [5.74, 6) is 0. The summed E-state index contributed by atoms with van der Waals surface area (Å²) in [5, 5.41) is 12.3. The minimum absolute atomic E-state index is 0.174. The normalized spacial score (nSPS) is 12.7. The van der Waals surface area contributed by atoms with E-state index in [0.29, 0.717) is 13.0 Å². The molecule has 0 saturated heterocycles. The zero-order chi connectivity index (χ0) is 11.8. The first-order valence-electron chi connectivity index (χ1n) is 5.51. The van der Waals surface area contributed by atoms with Crippen LogP contribution in [-0.2, 0) is 11.3 Å². The van der Waals surface area contributed by atoms with Crippen molar-refractivity contribution >= 4 is 0 Å². The zero-order valence-corrected chi connectivity index (χ0v) is 9.94. The molecule has 0 radical (unpaired) electrons. The zero-order valence-electron chi connectivity index (χ0n) is 9.94. The first-order valence-corrected chi connectivity index (χ1v) is 5.51.